The molecule has 17 heavy (non-hydrogen) atoms. The Kier molecular flexibility index (Phi) is 3.95. The quantitative estimate of drug-likeness (QED) is 0.615. The fourth-order valence-corrected chi connectivity index (χ4v) is 1.32. The highest BCUT2D eigenvalue weighted by atomic mass is 19.3. The first-order chi connectivity index (χ1) is 7.87. The number of aryl methyl sites for hydroxylation is 1. The molecule has 0 aliphatic carbocycles. The number of benzene rings is 1. The number of alkyl halides is 2. The molecule has 0 radical (unpaired) electrons. The standard InChI is InChI=1S/C10H12F2N2O3/c1-7-3-2-4-8(9(7)14(16)17)13-5-10(11,12)6-15/h2-4,13,15H,5-6H2,1H3. The average Bonchev–Trinajstić information content (AvgIpc) is 2.26. The molecule has 0 atom stereocenters. The Labute approximate surface area is 96.2 Å². The van der Waals surface area contributed by atoms with E-state index >= 15 is 0 Å². The second-order valence-electron chi connectivity index (χ2n) is 3.60. The van der Waals surface area contributed by atoms with Gasteiger partial charge in [-0.3, -0.25) is 10.1 Å². The van der Waals surface area contributed by atoms with Gasteiger partial charge in [0.15, 0.2) is 0 Å². The number of hydrogen-bond donors (Lipinski definition) is 2. The molecular formula is C10H12F2N2O3. The highest BCUT2D eigenvalue weighted by Crippen LogP contribution is 2.28. The number of hydrogen-bond acceptors (Lipinski definition) is 4. The van der Waals surface area contributed by atoms with Gasteiger partial charge in [0, 0.05) is 5.56 Å². The number of nitrogens with one attached hydrogen (secondary N) is 1. The Bertz CT molecular complexity index is 424. The summed E-state index contributed by atoms with van der Waals surface area (Å²) in [6.45, 7) is -0.638. The highest BCUT2D eigenvalue weighted by Gasteiger charge is 2.28. The van der Waals surface area contributed by atoms with Gasteiger partial charge in [-0.1, -0.05) is 12.1 Å². The minimum Gasteiger partial charge on any atom is -0.390 e. The zero-order valence-electron chi connectivity index (χ0n) is 9.11. The second kappa shape index (κ2) is 5.05. The maximum absolute atomic E-state index is 12.8. The maximum atomic E-state index is 12.8. The molecule has 94 valence electrons. The zero-order chi connectivity index (χ0) is 13.1. The number of aliphatic hydroxyl groups excluding tert-OH is 1. The van der Waals surface area contributed by atoms with Crippen LogP contribution in [-0.2, 0) is 0 Å². The van der Waals surface area contributed by atoms with Gasteiger partial charge in [-0.15, -0.1) is 0 Å². The summed E-state index contributed by atoms with van der Waals surface area (Å²) in [6, 6.07) is 4.40. The lowest BCUT2D eigenvalue weighted by Crippen LogP contribution is -2.31. The van der Waals surface area contributed by atoms with Gasteiger partial charge in [0.1, 0.15) is 12.3 Å². The monoisotopic (exact) mass is 246 g/mol. The van der Waals surface area contributed by atoms with Gasteiger partial charge in [-0.2, -0.15) is 0 Å². The smallest absolute Gasteiger partial charge is 0.295 e. The molecule has 0 aliphatic rings. The summed E-state index contributed by atoms with van der Waals surface area (Å²) in [7, 11) is 0. The summed E-state index contributed by atoms with van der Waals surface area (Å²) in [4.78, 5) is 10.1. The van der Waals surface area contributed by atoms with Crippen molar-refractivity contribution in [3.8, 4) is 0 Å². The fraction of sp³-hybridized carbons (Fsp3) is 0.400. The summed E-state index contributed by atoms with van der Waals surface area (Å²) >= 11 is 0. The molecule has 0 amide bonds. The molecule has 1 aromatic rings. The lowest BCUT2D eigenvalue weighted by Gasteiger charge is -2.15. The second-order valence-corrected chi connectivity index (χ2v) is 3.60. The van der Waals surface area contributed by atoms with Gasteiger partial charge in [0.2, 0.25) is 0 Å². The number of anilines is 1. The van der Waals surface area contributed by atoms with Gasteiger partial charge in [0.25, 0.3) is 11.6 Å². The van der Waals surface area contributed by atoms with Crippen molar-refractivity contribution in [2.75, 3.05) is 18.5 Å². The Morgan fingerprint density at radius 1 is 1.53 bits per heavy atom. The van der Waals surface area contributed by atoms with E-state index in [1.165, 1.54) is 25.1 Å². The van der Waals surface area contributed by atoms with Crippen molar-refractivity contribution in [2.45, 2.75) is 12.8 Å². The van der Waals surface area contributed by atoms with E-state index in [0.29, 0.717) is 5.56 Å². The zero-order valence-corrected chi connectivity index (χ0v) is 9.11. The van der Waals surface area contributed by atoms with Crippen molar-refractivity contribution in [1.29, 1.82) is 0 Å². The Balaban J connectivity index is 2.92. The SMILES string of the molecule is Cc1cccc(NCC(F)(F)CO)c1[N+](=O)[O-]. The van der Waals surface area contributed by atoms with Crippen LogP contribution in [0.15, 0.2) is 18.2 Å². The summed E-state index contributed by atoms with van der Waals surface area (Å²) < 4.78 is 25.6. The van der Waals surface area contributed by atoms with Crippen LogP contribution in [0.25, 0.3) is 0 Å². The molecule has 0 saturated heterocycles. The first kappa shape index (κ1) is 13.3. The molecule has 1 aromatic carbocycles. The first-order valence-corrected chi connectivity index (χ1v) is 4.84. The van der Waals surface area contributed by atoms with Gasteiger partial charge in [-0.25, -0.2) is 8.78 Å². The molecule has 0 aromatic heterocycles. The fourth-order valence-electron chi connectivity index (χ4n) is 1.32. The van der Waals surface area contributed by atoms with Crippen LogP contribution < -0.4 is 5.32 Å². The molecule has 0 bridgehead atoms. The summed E-state index contributed by atoms with van der Waals surface area (Å²) in [5.74, 6) is -3.31. The molecular weight excluding hydrogens is 234 g/mol. The van der Waals surface area contributed by atoms with E-state index in [-0.39, 0.29) is 11.4 Å². The normalized spacial score (nSPS) is 11.3. The van der Waals surface area contributed by atoms with Crippen LogP contribution in [-0.4, -0.2) is 29.1 Å². The van der Waals surface area contributed by atoms with E-state index in [2.05, 4.69) is 5.32 Å². The number of rotatable bonds is 5. The minimum atomic E-state index is -3.31. The van der Waals surface area contributed by atoms with E-state index in [1.54, 1.807) is 0 Å². The third-order valence-electron chi connectivity index (χ3n) is 2.19. The number of nitro groups is 1. The average molecular weight is 246 g/mol. The summed E-state index contributed by atoms with van der Waals surface area (Å²) in [6.07, 6.45) is 0. The lowest BCUT2D eigenvalue weighted by atomic mass is 10.1. The molecule has 5 nitrogen and oxygen atoms in total. The number of halogens is 2. The number of nitrogens with zero attached hydrogens (tertiary/aromatic N) is 1. The van der Waals surface area contributed by atoms with Crippen molar-refractivity contribution in [2.24, 2.45) is 0 Å². The Morgan fingerprint density at radius 2 is 2.18 bits per heavy atom. The number of para-hydroxylation sites is 1. The third kappa shape index (κ3) is 3.35. The topological polar surface area (TPSA) is 75.4 Å². The molecule has 0 aliphatic heterocycles. The molecule has 0 spiro atoms. The maximum Gasteiger partial charge on any atom is 0.295 e. The number of aliphatic hydroxyl groups is 1. The molecule has 2 N–H and O–H groups in total. The van der Waals surface area contributed by atoms with E-state index in [0.717, 1.165) is 0 Å². The summed E-state index contributed by atoms with van der Waals surface area (Å²) in [5, 5.41) is 21.4. The molecule has 1 rings (SSSR count). The molecule has 0 unspecified atom stereocenters. The van der Waals surface area contributed by atoms with Crippen molar-refractivity contribution in [1.82, 2.24) is 0 Å². The lowest BCUT2D eigenvalue weighted by molar-refractivity contribution is -0.384. The molecule has 0 fully saturated rings. The largest absolute Gasteiger partial charge is 0.390 e. The molecule has 7 heteroatoms. The van der Waals surface area contributed by atoms with Crippen LogP contribution in [0.2, 0.25) is 0 Å². The van der Waals surface area contributed by atoms with E-state index in [9.17, 15) is 18.9 Å². The van der Waals surface area contributed by atoms with Crippen LogP contribution in [0.1, 0.15) is 5.56 Å². The molecule has 0 heterocycles. The Hall–Kier alpha value is -1.76. The van der Waals surface area contributed by atoms with Crippen LogP contribution >= 0.6 is 0 Å². The highest BCUT2D eigenvalue weighted by molar-refractivity contribution is 5.65. The van der Waals surface area contributed by atoms with Gasteiger partial charge in [0.05, 0.1) is 11.5 Å². The van der Waals surface area contributed by atoms with E-state index < -0.39 is 24.0 Å². The van der Waals surface area contributed by atoms with E-state index in [1.807, 2.05) is 0 Å². The van der Waals surface area contributed by atoms with Gasteiger partial charge < -0.3 is 10.4 Å². The van der Waals surface area contributed by atoms with Crippen LogP contribution in [0, 0.1) is 17.0 Å². The Morgan fingerprint density at radius 3 is 2.71 bits per heavy atom. The van der Waals surface area contributed by atoms with Crippen molar-refractivity contribution in [3.05, 3.63) is 33.9 Å². The van der Waals surface area contributed by atoms with Gasteiger partial charge in [-0.05, 0) is 13.0 Å². The predicted octanol–water partition coefficient (Wildman–Crippen LogP) is 1.94. The number of nitro benzene ring substituents is 1. The minimum absolute atomic E-state index is 0.0168. The van der Waals surface area contributed by atoms with Crippen LogP contribution in [0.4, 0.5) is 20.2 Å². The van der Waals surface area contributed by atoms with Crippen molar-refractivity contribution >= 4 is 11.4 Å². The van der Waals surface area contributed by atoms with Gasteiger partial charge >= 0.3 is 0 Å². The van der Waals surface area contributed by atoms with Crippen molar-refractivity contribution in [3.63, 3.8) is 0 Å². The van der Waals surface area contributed by atoms with Crippen LogP contribution in [0.3, 0.4) is 0 Å². The predicted molar refractivity (Wildman–Crippen MR) is 58.4 cm³/mol. The third-order valence-corrected chi connectivity index (χ3v) is 2.19. The molecule has 0 saturated carbocycles. The summed E-state index contributed by atoms with van der Waals surface area (Å²) in [5.41, 5.74) is 0.164. The van der Waals surface area contributed by atoms with Crippen LogP contribution in [0.5, 0.6) is 0 Å². The van der Waals surface area contributed by atoms with Crippen molar-refractivity contribution < 1.29 is 18.8 Å². The van der Waals surface area contributed by atoms with E-state index in [4.69, 9.17) is 5.11 Å². The first-order valence-electron chi connectivity index (χ1n) is 4.84.